The fourth-order valence-electron chi connectivity index (χ4n) is 6.56. The molecule has 6 rings (SSSR count). The number of aromatic hydroxyl groups is 4. The third kappa shape index (κ3) is 7.23. The fourth-order valence-corrected chi connectivity index (χ4v) is 6.56. The standard InChI is InChI=1S/2C20H22N2O4/c1-5-13-11(2)21-22-20(12-6-7-18(25-3)16(23)8-12)15-10-19(26-4)17(24)9-14(13)15;1-5-13-11(2)21-22-20(12-6-7-16(23)18(8-12)25-3)15-10-19(26-4)17(24)9-14(13)15/h2*6-10,13,23-24H,5H2,1-4H3. The van der Waals surface area contributed by atoms with Gasteiger partial charge in [-0.15, -0.1) is 10.2 Å². The lowest BCUT2D eigenvalue weighted by Gasteiger charge is -2.19. The molecule has 0 saturated carbocycles. The van der Waals surface area contributed by atoms with Crippen molar-refractivity contribution in [2.75, 3.05) is 28.4 Å². The molecule has 0 bridgehead atoms. The van der Waals surface area contributed by atoms with Crippen LogP contribution in [-0.2, 0) is 0 Å². The van der Waals surface area contributed by atoms with Gasteiger partial charge in [0, 0.05) is 45.5 Å². The number of hydrogen-bond donors (Lipinski definition) is 4. The summed E-state index contributed by atoms with van der Waals surface area (Å²) in [5.41, 5.74) is 7.95. The van der Waals surface area contributed by atoms with E-state index in [1.54, 1.807) is 54.6 Å². The van der Waals surface area contributed by atoms with Crippen LogP contribution >= 0.6 is 0 Å². The Balaban J connectivity index is 0.000000201. The van der Waals surface area contributed by atoms with Gasteiger partial charge in [-0.05, 0) is 98.5 Å². The van der Waals surface area contributed by atoms with Crippen molar-refractivity contribution in [3.63, 3.8) is 0 Å². The van der Waals surface area contributed by atoms with E-state index in [2.05, 4.69) is 34.3 Å². The molecule has 0 aromatic heterocycles. The Bertz CT molecular complexity index is 2100. The van der Waals surface area contributed by atoms with Gasteiger partial charge in [0.2, 0.25) is 0 Å². The third-order valence-corrected chi connectivity index (χ3v) is 9.31. The minimum atomic E-state index is 0.0250. The second-order valence-corrected chi connectivity index (χ2v) is 12.3. The molecule has 2 atom stereocenters. The third-order valence-electron chi connectivity index (χ3n) is 9.31. The van der Waals surface area contributed by atoms with Crippen molar-refractivity contribution < 1.29 is 39.4 Å². The first-order chi connectivity index (χ1) is 25.0. The molecular weight excluding hydrogens is 664 g/mol. The summed E-state index contributed by atoms with van der Waals surface area (Å²) in [6.07, 6.45) is 1.65. The lowest BCUT2D eigenvalue weighted by molar-refractivity contribution is 0.373. The number of ether oxygens (including phenoxy) is 4. The van der Waals surface area contributed by atoms with Crippen molar-refractivity contribution in [2.24, 2.45) is 20.4 Å². The van der Waals surface area contributed by atoms with E-state index in [1.165, 1.54) is 28.4 Å². The van der Waals surface area contributed by atoms with Gasteiger partial charge < -0.3 is 39.4 Å². The Kier molecular flexibility index (Phi) is 11.4. The van der Waals surface area contributed by atoms with Gasteiger partial charge in [0.1, 0.15) is 11.4 Å². The summed E-state index contributed by atoms with van der Waals surface area (Å²) in [6, 6.07) is 17.1. The molecule has 4 aromatic rings. The van der Waals surface area contributed by atoms with E-state index in [4.69, 9.17) is 18.9 Å². The Morgan fingerprint density at radius 3 is 1.31 bits per heavy atom. The average Bonchev–Trinajstić information content (AvgIpc) is 3.36. The predicted octanol–water partition coefficient (Wildman–Crippen LogP) is 7.67. The molecule has 2 aliphatic rings. The van der Waals surface area contributed by atoms with Crippen molar-refractivity contribution >= 4 is 22.8 Å². The van der Waals surface area contributed by atoms with Crippen molar-refractivity contribution in [2.45, 2.75) is 52.4 Å². The average molecular weight is 709 g/mol. The van der Waals surface area contributed by atoms with Crippen molar-refractivity contribution in [1.29, 1.82) is 0 Å². The molecule has 4 N–H and O–H groups in total. The molecule has 0 amide bonds. The summed E-state index contributed by atoms with van der Waals surface area (Å²) in [5, 5.41) is 58.2. The molecule has 0 spiro atoms. The lowest BCUT2D eigenvalue weighted by Crippen LogP contribution is -2.12. The second-order valence-electron chi connectivity index (χ2n) is 12.3. The van der Waals surface area contributed by atoms with E-state index in [1.807, 2.05) is 19.9 Å². The van der Waals surface area contributed by atoms with Gasteiger partial charge >= 0.3 is 0 Å². The molecule has 272 valence electrons. The molecule has 4 aromatic carbocycles. The van der Waals surface area contributed by atoms with Crippen molar-refractivity contribution in [3.05, 3.63) is 94.0 Å². The quantitative estimate of drug-likeness (QED) is 0.145. The SMILES string of the molecule is CCC1C(C)=NN=C(c2ccc(O)c(OC)c2)c2cc(OC)c(O)cc21.CCC1C(C)=NN=C(c2ccc(OC)c(O)c2)c2cc(OC)c(O)cc21. The van der Waals surface area contributed by atoms with E-state index < -0.39 is 0 Å². The maximum absolute atomic E-state index is 10.3. The van der Waals surface area contributed by atoms with Gasteiger partial charge in [-0.3, -0.25) is 0 Å². The van der Waals surface area contributed by atoms with Crippen LogP contribution in [0.25, 0.3) is 0 Å². The van der Waals surface area contributed by atoms with Crippen molar-refractivity contribution in [1.82, 2.24) is 0 Å². The maximum atomic E-state index is 10.3. The van der Waals surface area contributed by atoms with E-state index in [9.17, 15) is 20.4 Å². The summed E-state index contributed by atoms with van der Waals surface area (Å²) in [4.78, 5) is 0. The highest BCUT2D eigenvalue weighted by molar-refractivity contribution is 6.17. The molecule has 0 saturated heterocycles. The Morgan fingerprint density at radius 2 is 0.885 bits per heavy atom. The Hall–Kier alpha value is -6.04. The van der Waals surface area contributed by atoms with Crippen LogP contribution in [0.2, 0.25) is 0 Å². The molecule has 12 heteroatoms. The van der Waals surface area contributed by atoms with Crippen LogP contribution in [-0.4, -0.2) is 71.7 Å². The van der Waals surface area contributed by atoms with Crippen LogP contribution in [0.15, 0.2) is 81.1 Å². The van der Waals surface area contributed by atoms with Gasteiger partial charge in [0.05, 0.1) is 28.4 Å². The number of phenolic OH excluding ortho intramolecular Hbond substituents is 4. The zero-order chi connectivity index (χ0) is 37.7. The summed E-state index contributed by atoms with van der Waals surface area (Å²) in [5.74, 6) is 1.81. The topological polar surface area (TPSA) is 167 Å². The predicted molar refractivity (Wildman–Crippen MR) is 202 cm³/mol. The smallest absolute Gasteiger partial charge is 0.161 e. The summed E-state index contributed by atoms with van der Waals surface area (Å²) in [7, 11) is 6.02. The number of benzene rings is 4. The van der Waals surface area contributed by atoms with Crippen molar-refractivity contribution in [3.8, 4) is 46.0 Å². The first-order valence-corrected chi connectivity index (χ1v) is 16.8. The molecule has 0 aliphatic carbocycles. The highest BCUT2D eigenvalue weighted by Crippen LogP contribution is 2.40. The van der Waals surface area contributed by atoms with Crippen LogP contribution in [0.5, 0.6) is 46.0 Å². The number of nitrogens with zero attached hydrogens (tertiary/aromatic N) is 4. The normalized spacial score (nSPS) is 16.2. The summed E-state index contributed by atoms with van der Waals surface area (Å²) < 4.78 is 20.9. The Morgan fingerprint density at radius 1 is 0.481 bits per heavy atom. The van der Waals surface area contributed by atoms with Crippen LogP contribution in [0.4, 0.5) is 0 Å². The molecular formula is C40H44N4O8. The summed E-state index contributed by atoms with van der Waals surface area (Å²) in [6.45, 7) is 8.00. The van der Waals surface area contributed by atoms with Gasteiger partial charge in [0.25, 0.3) is 0 Å². The van der Waals surface area contributed by atoms with Gasteiger partial charge in [-0.1, -0.05) is 13.8 Å². The monoisotopic (exact) mass is 708 g/mol. The van der Waals surface area contributed by atoms with E-state index in [0.29, 0.717) is 40.0 Å². The lowest BCUT2D eigenvalue weighted by atomic mass is 9.85. The molecule has 0 fully saturated rings. The Labute approximate surface area is 303 Å². The number of methoxy groups -OCH3 is 4. The van der Waals surface area contributed by atoms with Crippen LogP contribution in [0, 0.1) is 0 Å². The highest BCUT2D eigenvalue weighted by atomic mass is 16.5. The van der Waals surface area contributed by atoms with E-state index in [-0.39, 0.29) is 34.8 Å². The summed E-state index contributed by atoms with van der Waals surface area (Å²) >= 11 is 0. The fraction of sp³-hybridized carbons (Fsp3) is 0.300. The number of phenols is 4. The first kappa shape index (κ1) is 37.2. The van der Waals surface area contributed by atoms with Gasteiger partial charge in [-0.25, -0.2) is 0 Å². The van der Waals surface area contributed by atoms with E-state index >= 15 is 0 Å². The number of hydrogen-bond acceptors (Lipinski definition) is 12. The second kappa shape index (κ2) is 15.9. The number of rotatable bonds is 8. The molecule has 2 heterocycles. The minimum absolute atomic E-state index is 0.0250. The number of fused-ring (bicyclic) bond motifs is 2. The van der Waals surface area contributed by atoms with Crippen LogP contribution < -0.4 is 18.9 Å². The zero-order valence-electron chi connectivity index (χ0n) is 30.6. The molecule has 0 radical (unpaired) electrons. The largest absolute Gasteiger partial charge is 0.504 e. The first-order valence-electron chi connectivity index (χ1n) is 16.8. The molecule has 52 heavy (non-hydrogen) atoms. The van der Waals surface area contributed by atoms with Gasteiger partial charge in [0.15, 0.2) is 46.0 Å². The zero-order valence-corrected chi connectivity index (χ0v) is 30.6. The highest BCUT2D eigenvalue weighted by Gasteiger charge is 2.27. The molecule has 2 unspecified atom stereocenters. The molecule has 2 aliphatic heterocycles. The van der Waals surface area contributed by atoms with E-state index in [0.717, 1.165) is 52.1 Å². The molecule has 12 nitrogen and oxygen atoms in total. The van der Waals surface area contributed by atoms with Crippen LogP contribution in [0.1, 0.15) is 85.8 Å². The van der Waals surface area contributed by atoms with Gasteiger partial charge in [-0.2, -0.15) is 10.2 Å². The van der Waals surface area contributed by atoms with Crippen LogP contribution in [0.3, 0.4) is 0 Å². The minimum Gasteiger partial charge on any atom is -0.504 e. The maximum Gasteiger partial charge on any atom is 0.161 e.